The summed E-state index contributed by atoms with van der Waals surface area (Å²) < 4.78 is 0. The first-order valence-corrected chi connectivity index (χ1v) is 8.65. The van der Waals surface area contributed by atoms with Crippen LogP contribution in [0.3, 0.4) is 0 Å². The van der Waals surface area contributed by atoms with Gasteiger partial charge in [0.2, 0.25) is 11.8 Å². The number of carbonyl (C=O) groups is 3. The van der Waals surface area contributed by atoms with Crippen molar-refractivity contribution in [2.24, 2.45) is 11.8 Å². The maximum Gasteiger partial charge on any atom is 0.251 e. The van der Waals surface area contributed by atoms with Gasteiger partial charge in [0.1, 0.15) is 6.04 Å². The van der Waals surface area contributed by atoms with Crippen LogP contribution in [0.25, 0.3) is 0 Å². The minimum absolute atomic E-state index is 0.0533. The van der Waals surface area contributed by atoms with Crippen molar-refractivity contribution < 1.29 is 14.4 Å². The van der Waals surface area contributed by atoms with E-state index in [4.69, 9.17) is 0 Å². The standard InChI is InChI=1S/C19H29N3O3/c1-12(2)16(19(25)21-10-9-20-17(23)13(3)4)22-18(24)15-8-6-7-14(5)11-15/h6-8,11-13,16H,9-10H2,1-5H3,(H,20,23)(H,21,25)(H,22,24). The predicted octanol–water partition coefficient (Wildman–Crippen LogP) is 1.64. The van der Waals surface area contributed by atoms with E-state index < -0.39 is 6.04 Å². The van der Waals surface area contributed by atoms with E-state index in [0.717, 1.165) is 5.56 Å². The van der Waals surface area contributed by atoms with E-state index in [1.165, 1.54) is 0 Å². The Balaban J connectivity index is 2.56. The third-order valence-corrected chi connectivity index (χ3v) is 3.76. The Labute approximate surface area is 149 Å². The second-order valence-corrected chi connectivity index (χ2v) is 6.80. The molecule has 0 aliphatic rings. The Bertz CT molecular complexity index is 612. The molecule has 1 aromatic rings. The van der Waals surface area contributed by atoms with Crippen LogP contribution >= 0.6 is 0 Å². The van der Waals surface area contributed by atoms with Gasteiger partial charge in [-0.15, -0.1) is 0 Å². The molecule has 0 spiro atoms. The molecule has 0 saturated heterocycles. The maximum atomic E-state index is 12.4. The van der Waals surface area contributed by atoms with E-state index in [0.29, 0.717) is 18.7 Å². The number of nitrogens with one attached hydrogen (secondary N) is 3. The molecule has 1 unspecified atom stereocenters. The lowest BCUT2D eigenvalue weighted by Crippen LogP contribution is -2.51. The molecule has 1 atom stereocenters. The molecule has 0 heterocycles. The third-order valence-electron chi connectivity index (χ3n) is 3.76. The summed E-state index contributed by atoms with van der Waals surface area (Å²) in [5, 5.41) is 8.28. The molecule has 1 aromatic carbocycles. The van der Waals surface area contributed by atoms with Gasteiger partial charge in [0.15, 0.2) is 0 Å². The van der Waals surface area contributed by atoms with Crippen LogP contribution < -0.4 is 16.0 Å². The van der Waals surface area contributed by atoms with Gasteiger partial charge in [0.05, 0.1) is 0 Å². The van der Waals surface area contributed by atoms with Crippen LogP contribution in [0.5, 0.6) is 0 Å². The Morgan fingerprint density at radius 3 is 2.08 bits per heavy atom. The van der Waals surface area contributed by atoms with Gasteiger partial charge in [-0.1, -0.05) is 45.4 Å². The second-order valence-electron chi connectivity index (χ2n) is 6.80. The van der Waals surface area contributed by atoms with E-state index >= 15 is 0 Å². The minimum atomic E-state index is -0.631. The molecule has 0 radical (unpaired) electrons. The monoisotopic (exact) mass is 347 g/mol. The first kappa shape index (κ1) is 20.7. The molecule has 0 bridgehead atoms. The summed E-state index contributed by atoms with van der Waals surface area (Å²) in [6, 6.07) is 6.60. The lowest BCUT2D eigenvalue weighted by atomic mass is 10.0. The van der Waals surface area contributed by atoms with E-state index in [9.17, 15) is 14.4 Å². The molecule has 25 heavy (non-hydrogen) atoms. The normalized spacial score (nSPS) is 12.0. The first-order chi connectivity index (χ1) is 11.7. The molecular weight excluding hydrogens is 318 g/mol. The van der Waals surface area contributed by atoms with Gasteiger partial charge >= 0.3 is 0 Å². The van der Waals surface area contributed by atoms with Crippen LogP contribution in [0.2, 0.25) is 0 Å². The first-order valence-electron chi connectivity index (χ1n) is 8.65. The van der Waals surface area contributed by atoms with E-state index in [1.807, 2.05) is 46.8 Å². The molecule has 1 rings (SSSR count). The zero-order valence-electron chi connectivity index (χ0n) is 15.7. The fraction of sp³-hybridized carbons (Fsp3) is 0.526. The highest BCUT2D eigenvalue weighted by Gasteiger charge is 2.24. The number of benzene rings is 1. The molecule has 0 aliphatic carbocycles. The Morgan fingerprint density at radius 2 is 1.56 bits per heavy atom. The topological polar surface area (TPSA) is 87.3 Å². The van der Waals surface area contributed by atoms with Crippen molar-refractivity contribution in [3.05, 3.63) is 35.4 Å². The molecule has 0 aliphatic heterocycles. The highest BCUT2D eigenvalue weighted by atomic mass is 16.2. The summed E-state index contributed by atoms with van der Waals surface area (Å²) in [6.45, 7) is 9.96. The van der Waals surface area contributed by atoms with Crippen LogP contribution in [-0.4, -0.2) is 36.9 Å². The number of carbonyl (C=O) groups excluding carboxylic acids is 3. The maximum absolute atomic E-state index is 12.4. The van der Waals surface area contributed by atoms with Crippen LogP contribution in [0.4, 0.5) is 0 Å². The van der Waals surface area contributed by atoms with Crippen molar-refractivity contribution in [3.63, 3.8) is 0 Å². The van der Waals surface area contributed by atoms with Crippen molar-refractivity contribution in [3.8, 4) is 0 Å². The molecular formula is C19H29N3O3. The highest BCUT2D eigenvalue weighted by Crippen LogP contribution is 2.07. The second kappa shape index (κ2) is 9.81. The average molecular weight is 347 g/mol. The summed E-state index contributed by atoms with van der Waals surface area (Å²) >= 11 is 0. The van der Waals surface area contributed by atoms with Crippen LogP contribution in [0.15, 0.2) is 24.3 Å². The third kappa shape index (κ3) is 6.95. The van der Waals surface area contributed by atoms with Crippen LogP contribution in [0, 0.1) is 18.8 Å². The largest absolute Gasteiger partial charge is 0.354 e. The van der Waals surface area contributed by atoms with Crippen molar-refractivity contribution in [2.75, 3.05) is 13.1 Å². The number of aryl methyl sites for hydroxylation is 1. The smallest absolute Gasteiger partial charge is 0.251 e. The van der Waals surface area contributed by atoms with Gasteiger partial charge in [0.25, 0.3) is 5.91 Å². The van der Waals surface area contributed by atoms with E-state index in [-0.39, 0.29) is 29.6 Å². The molecule has 3 amide bonds. The fourth-order valence-electron chi connectivity index (χ4n) is 2.23. The zero-order chi connectivity index (χ0) is 19.0. The van der Waals surface area contributed by atoms with Crippen LogP contribution in [-0.2, 0) is 9.59 Å². The summed E-state index contributed by atoms with van der Waals surface area (Å²) in [5.41, 5.74) is 1.52. The molecule has 0 fully saturated rings. The molecule has 0 aromatic heterocycles. The summed E-state index contributed by atoms with van der Waals surface area (Å²) in [7, 11) is 0. The van der Waals surface area contributed by atoms with Gasteiger partial charge in [-0.25, -0.2) is 0 Å². The van der Waals surface area contributed by atoms with Crippen LogP contribution in [0.1, 0.15) is 43.6 Å². The number of hydrogen-bond acceptors (Lipinski definition) is 3. The van der Waals surface area contributed by atoms with Crippen molar-refractivity contribution in [2.45, 2.75) is 40.7 Å². The Morgan fingerprint density at radius 1 is 0.960 bits per heavy atom. The minimum Gasteiger partial charge on any atom is -0.354 e. The zero-order valence-corrected chi connectivity index (χ0v) is 15.7. The quantitative estimate of drug-likeness (QED) is 0.625. The molecule has 3 N–H and O–H groups in total. The van der Waals surface area contributed by atoms with Crippen molar-refractivity contribution >= 4 is 17.7 Å². The van der Waals surface area contributed by atoms with Gasteiger partial charge in [0, 0.05) is 24.6 Å². The van der Waals surface area contributed by atoms with Gasteiger partial charge in [-0.05, 0) is 25.0 Å². The molecule has 6 nitrogen and oxygen atoms in total. The van der Waals surface area contributed by atoms with E-state index in [2.05, 4.69) is 16.0 Å². The average Bonchev–Trinajstić information content (AvgIpc) is 2.55. The summed E-state index contributed by atoms with van der Waals surface area (Å²) in [4.78, 5) is 36.2. The molecule has 0 saturated carbocycles. The SMILES string of the molecule is Cc1cccc(C(=O)NC(C(=O)NCCNC(=O)C(C)C)C(C)C)c1. The fourth-order valence-corrected chi connectivity index (χ4v) is 2.23. The van der Waals surface area contributed by atoms with Crippen molar-refractivity contribution in [1.29, 1.82) is 0 Å². The highest BCUT2D eigenvalue weighted by molar-refractivity contribution is 5.97. The van der Waals surface area contributed by atoms with Crippen molar-refractivity contribution in [1.82, 2.24) is 16.0 Å². The lowest BCUT2D eigenvalue weighted by molar-refractivity contribution is -0.125. The Kier molecular flexibility index (Phi) is 8.11. The summed E-state index contributed by atoms with van der Waals surface area (Å²) in [6.07, 6.45) is 0. The molecule has 6 heteroatoms. The summed E-state index contributed by atoms with van der Waals surface area (Å²) in [5.74, 6) is -0.727. The predicted molar refractivity (Wildman–Crippen MR) is 98.1 cm³/mol. The molecule has 138 valence electrons. The number of rotatable bonds is 8. The van der Waals surface area contributed by atoms with E-state index in [1.54, 1.807) is 12.1 Å². The Hall–Kier alpha value is -2.37. The van der Waals surface area contributed by atoms with Gasteiger partial charge in [-0.2, -0.15) is 0 Å². The van der Waals surface area contributed by atoms with Gasteiger partial charge < -0.3 is 16.0 Å². The van der Waals surface area contributed by atoms with Gasteiger partial charge in [-0.3, -0.25) is 14.4 Å². The number of amides is 3. The number of hydrogen-bond donors (Lipinski definition) is 3. The lowest BCUT2D eigenvalue weighted by Gasteiger charge is -2.22.